The Bertz CT molecular complexity index is 806. The molecular weight excluding hydrogens is 825 g/mol. The van der Waals surface area contributed by atoms with Gasteiger partial charge in [0, 0.05) is 67.8 Å². The van der Waals surface area contributed by atoms with Crippen molar-refractivity contribution >= 4 is 111 Å². The maximum Gasteiger partial charge on any atom is 0.237 e. The second-order valence-corrected chi connectivity index (χ2v) is 22.0. The standard InChI is InChI=1S/C22H42N4O4S4.C11H26N2S4.C2H6/c1-4-32-34-17-7-13-26(12-6-16-33-31-3)14-11-24-21(29)10-9-20(23-2)22(30)25-19(18-28)8-5-15-27;1-12-6-9-13(7-4-10-16-14-2)8-5-11-17-15-3;1-2/h15,18-20,23H,4-14,16-17H2,1-3H3,(H,24,29)(H,25,30);12H,4-11H2,1-3H3;1-2H3. The number of hydrogen-bond donors (Lipinski definition) is 4. The van der Waals surface area contributed by atoms with Crippen LogP contribution >= 0.6 is 86.4 Å². The molecule has 2 unspecified atom stereocenters. The second-order valence-electron chi connectivity index (χ2n) is 11.1. The van der Waals surface area contributed by atoms with Gasteiger partial charge in [-0.05, 0) is 97.6 Å². The smallest absolute Gasteiger partial charge is 0.237 e. The lowest BCUT2D eigenvalue weighted by molar-refractivity contribution is -0.126. The number of rotatable bonds is 37. The lowest BCUT2D eigenvalue weighted by Crippen LogP contribution is -2.47. The second kappa shape index (κ2) is 49.1. The fourth-order valence-corrected chi connectivity index (χ4v) is 10.1. The molecule has 0 fully saturated rings. The van der Waals surface area contributed by atoms with Gasteiger partial charge >= 0.3 is 0 Å². The number of likely N-dealkylation sites (N-methyl/N-ethyl adjacent to an activating group) is 2. The van der Waals surface area contributed by atoms with Gasteiger partial charge < -0.3 is 40.7 Å². The molecule has 0 aromatic rings. The average Bonchev–Trinajstić information content (AvgIpc) is 3.17. The van der Waals surface area contributed by atoms with Gasteiger partial charge in [-0.15, -0.1) is 0 Å². The van der Waals surface area contributed by atoms with Crippen molar-refractivity contribution < 1.29 is 19.2 Å². The molecule has 2 amide bonds. The monoisotopic (exact) mass is 898 g/mol. The number of amides is 2. The molecule has 53 heavy (non-hydrogen) atoms. The van der Waals surface area contributed by atoms with Crippen LogP contribution in [0.3, 0.4) is 0 Å². The molecule has 0 aromatic heterocycles. The van der Waals surface area contributed by atoms with Crippen molar-refractivity contribution in [2.75, 3.05) is 114 Å². The van der Waals surface area contributed by atoms with Crippen LogP contribution in [0.4, 0.5) is 0 Å². The van der Waals surface area contributed by atoms with E-state index < -0.39 is 12.1 Å². The Morgan fingerprint density at radius 1 is 0.679 bits per heavy atom. The molecule has 0 aliphatic heterocycles. The van der Waals surface area contributed by atoms with Gasteiger partial charge in [0.05, 0.1) is 12.1 Å². The van der Waals surface area contributed by atoms with E-state index >= 15 is 0 Å². The molecule has 0 saturated heterocycles. The number of nitrogens with zero attached hydrogens (tertiary/aromatic N) is 2. The molecule has 0 aromatic carbocycles. The molecule has 18 heteroatoms. The largest absolute Gasteiger partial charge is 0.355 e. The van der Waals surface area contributed by atoms with Gasteiger partial charge in [0.1, 0.15) is 12.6 Å². The van der Waals surface area contributed by atoms with Gasteiger partial charge in [-0.1, -0.05) is 107 Å². The van der Waals surface area contributed by atoms with Crippen molar-refractivity contribution in [1.82, 2.24) is 31.1 Å². The summed E-state index contributed by atoms with van der Waals surface area (Å²) in [4.78, 5) is 51.3. The van der Waals surface area contributed by atoms with Gasteiger partial charge in [0.2, 0.25) is 11.8 Å². The molecule has 0 rings (SSSR count). The van der Waals surface area contributed by atoms with Crippen molar-refractivity contribution in [1.29, 1.82) is 0 Å². The normalized spacial score (nSPS) is 12.0. The topological polar surface area (TPSA) is 123 Å². The molecule has 2 atom stereocenters. The van der Waals surface area contributed by atoms with Crippen molar-refractivity contribution in [3.63, 3.8) is 0 Å². The summed E-state index contributed by atoms with van der Waals surface area (Å²) in [5.74, 6) is 5.50. The van der Waals surface area contributed by atoms with Gasteiger partial charge in [0.15, 0.2) is 0 Å². The summed E-state index contributed by atoms with van der Waals surface area (Å²) in [5, 5.41) is 11.7. The Balaban J connectivity index is -0.00000110. The zero-order valence-electron chi connectivity index (χ0n) is 34.0. The molecule has 0 radical (unpaired) electrons. The van der Waals surface area contributed by atoms with E-state index in [0.717, 1.165) is 62.6 Å². The summed E-state index contributed by atoms with van der Waals surface area (Å²) >= 11 is 0. The predicted octanol–water partition coefficient (Wildman–Crippen LogP) is 6.96. The van der Waals surface area contributed by atoms with Crippen LogP contribution in [0.1, 0.15) is 72.1 Å². The SMILES string of the molecule is CC.CCSSCCCN(CCCSSC)CCNC(=O)CCC(NC)C(=O)NC(C=O)CCC=O.CNCCN(CCCSSC)CCCSSC. The Hall–Kier alpha value is 0.920. The van der Waals surface area contributed by atoms with E-state index in [1.54, 1.807) is 17.8 Å². The van der Waals surface area contributed by atoms with Crippen LogP contribution < -0.4 is 21.3 Å². The van der Waals surface area contributed by atoms with Crippen LogP contribution in [0.2, 0.25) is 0 Å². The molecule has 316 valence electrons. The third kappa shape index (κ3) is 42.4. The summed E-state index contributed by atoms with van der Waals surface area (Å²) in [5.41, 5.74) is 0. The minimum Gasteiger partial charge on any atom is -0.355 e. The first-order chi connectivity index (χ1) is 25.9. The van der Waals surface area contributed by atoms with Crippen molar-refractivity contribution in [2.45, 2.75) is 84.2 Å². The lowest BCUT2D eigenvalue weighted by Gasteiger charge is -2.22. The highest BCUT2D eigenvalue weighted by Gasteiger charge is 2.20. The first-order valence-electron chi connectivity index (χ1n) is 18.8. The minimum absolute atomic E-state index is 0.0891. The summed E-state index contributed by atoms with van der Waals surface area (Å²) < 4.78 is 0. The first kappa shape index (κ1) is 58.2. The maximum absolute atomic E-state index is 12.4. The average molecular weight is 900 g/mol. The van der Waals surface area contributed by atoms with Gasteiger partial charge in [-0.25, -0.2) is 0 Å². The van der Waals surface area contributed by atoms with E-state index in [2.05, 4.69) is 56.8 Å². The molecule has 0 aliphatic carbocycles. The fourth-order valence-electron chi connectivity index (χ4n) is 4.55. The van der Waals surface area contributed by atoms with Crippen LogP contribution in [0.25, 0.3) is 0 Å². The number of aldehydes is 2. The Morgan fingerprint density at radius 3 is 1.58 bits per heavy atom. The number of nitrogens with one attached hydrogen (secondary N) is 4. The molecule has 0 saturated carbocycles. The van der Waals surface area contributed by atoms with Crippen LogP contribution in [-0.4, -0.2) is 160 Å². The molecule has 0 bridgehead atoms. The molecule has 0 spiro atoms. The maximum atomic E-state index is 12.4. The zero-order valence-corrected chi connectivity index (χ0v) is 40.5. The number of carbonyl (C=O) groups is 4. The first-order valence-corrected chi connectivity index (χ1v) is 29.5. The van der Waals surface area contributed by atoms with E-state index in [4.69, 9.17) is 0 Å². The summed E-state index contributed by atoms with van der Waals surface area (Å²) in [7, 11) is 18.9. The molecule has 4 N–H and O–H groups in total. The number of hydrogen-bond acceptors (Lipinski definition) is 16. The van der Waals surface area contributed by atoms with Crippen molar-refractivity contribution in [2.24, 2.45) is 0 Å². The van der Waals surface area contributed by atoms with Crippen LogP contribution in [-0.2, 0) is 19.2 Å². The van der Waals surface area contributed by atoms with Crippen LogP contribution in [0.5, 0.6) is 0 Å². The van der Waals surface area contributed by atoms with E-state index in [0.29, 0.717) is 19.3 Å². The third-order valence-electron chi connectivity index (χ3n) is 7.20. The molecule has 10 nitrogen and oxygen atoms in total. The molecule has 0 heterocycles. The number of carbonyl (C=O) groups excluding carboxylic acids is 4. The van der Waals surface area contributed by atoms with Crippen molar-refractivity contribution in [3.05, 3.63) is 0 Å². The summed E-state index contributed by atoms with van der Waals surface area (Å²) in [6.45, 7) is 14.4. The minimum atomic E-state index is -0.693. The molecular formula is C35H74N6O4S8. The van der Waals surface area contributed by atoms with Crippen molar-refractivity contribution in [3.8, 4) is 0 Å². The van der Waals surface area contributed by atoms with Crippen LogP contribution in [0.15, 0.2) is 0 Å². The van der Waals surface area contributed by atoms with E-state index in [1.165, 1.54) is 44.0 Å². The highest BCUT2D eigenvalue weighted by atomic mass is 33.1. The van der Waals surface area contributed by atoms with Crippen LogP contribution in [0, 0.1) is 0 Å². The summed E-state index contributed by atoms with van der Waals surface area (Å²) in [6.07, 6.45) is 13.7. The third-order valence-corrected chi connectivity index (χ3v) is 15.5. The lowest BCUT2D eigenvalue weighted by atomic mass is 10.1. The van der Waals surface area contributed by atoms with E-state index in [9.17, 15) is 19.2 Å². The van der Waals surface area contributed by atoms with Gasteiger partial charge in [-0.3, -0.25) is 9.59 Å². The Labute approximate surface area is 356 Å². The Kier molecular flexibility index (Phi) is 53.9. The van der Waals surface area contributed by atoms with E-state index in [-0.39, 0.29) is 31.1 Å². The fraction of sp³-hybridized carbons (Fsp3) is 0.886. The Morgan fingerprint density at radius 2 is 1.17 bits per heavy atom. The van der Waals surface area contributed by atoms with Gasteiger partial charge in [-0.2, -0.15) is 0 Å². The van der Waals surface area contributed by atoms with E-state index in [1.807, 2.05) is 96.5 Å². The molecule has 0 aliphatic rings. The predicted molar refractivity (Wildman–Crippen MR) is 254 cm³/mol. The van der Waals surface area contributed by atoms with Gasteiger partial charge in [0.25, 0.3) is 0 Å². The zero-order chi connectivity index (χ0) is 40.2. The summed E-state index contributed by atoms with van der Waals surface area (Å²) in [6, 6.07) is -1.27. The quantitative estimate of drug-likeness (QED) is 0.0292. The highest BCUT2D eigenvalue weighted by Crippen LogP contribution is 2.22. The highest BCUT2D eigenvalue weighted by molar-refractivity contribution is 8.77.